The topological polar surface area (TPSA) is 26.3 Å². The van der Waals surface area contributed by atoms with Crippen LogP contribution in [0.25, 0.3) is 0 Å². The number of hydrogen-bond acceptors (Lipinski definition) is 2. The lowest BCUT2D eigenvalue weighted by Gasteiger charge is -2.39. The highest BCUT2D eigenvalue weighted by Crippen LogP contribution is 2.38. The maximum Gasteiger partial charge on any atom is 0.192 e. The summed E-state index contributed by atoms with van der Waals surface area (Å²) in [5.74, 6) is 0.277. The average molecular weight is 242 g/mol. The van der Waals surface area contributed by atoms with Crippen molar-refractivity contribution in [2.45, 2.75) is 58.9 Å². The zero-order valence-corrected chi connectivity index (χ0v) is 12.7. The summed E-state index contributed by atoms with van der Waals surface area (Å²) < 4.78 is 6.23. The van der Waals surface area contributed by atoms with E-state index < -0.39 is 8.32 Å². The first-order chi connectivity index (χ1) is 7.12. The molecule has 0 aliphatic rings. The molecule has 0 fully saturated rings. The van der Waals surface area contributed by atoms with Gasteiger partial charge in [-0.15, -0.1) is 0 Å². The van der Waals surface area contributed by atoms with Crippen molar-refractivity contribution >= 4 is 14.6 Å². The molecule has 16 heavy (non-hydrogen) atoms. The molecule has 0 N–H and O–H groups in total. The first kappa shape index (κ1) is 15.6. The van der Waals surface area contributed by atoms with Crippen LogP contribution < -0.4 is 0 Å². The lowest BCUT2D eigenvalue weighted by molar-refractivity contribution is -0.104. The quantitative estimate of drug-likeness (QED) is 0.416. The Balaban J connectivity index is 4.50. The third-order valence-corrected chi connectivity index (χ3v) is 8.09. The van der Waals surface area contributed by atoms with Crippen LogP contribution in [0.3, 0.4) is 0 Å². The summed E-state index contributed by atoms with van der Waals surface area (Å²) in [7, 11) is -1.69. The van der Waals surface area contributed by atoms with Gasteiger partial charge in [0.15, 0.2) is 8.32 Å². The van der Waals surface area contributed by atoms with Crippen molar-refractivity contribution in [2.24, 2.45) is 5.92 Å². The molecule has 0 aromatic rings. The van der Waals surface area contributed by atoms with E-state index >= 15 is 0 Å². The Morgan fingerprint density at radius 1 is 1.19 bits per heavy atom. The van der Waals surface area contributed by atoms with E-state index in [-0.39, 0.29) is 17.1 Å². The van der Waals surface area contributed by atoms with Gasteiger partial charge in [-0.3, -0.25) is 4.79 Å². The van der Waals surface area contributed by atoms with E-state index in [9.17, 15) is 4.79 Å². The molecule has 2 nitrogen and oxygen atoms in total. The van der Waals surface area contributed by atoms with Gasteiger partial charge in [-0.2, -0.15) is 0 Å². The van der Waals surface area contributed by atoms with E-state index in [2.05, 4.69) is 47.7 Å². The summed E-state index contributed by atoms with van der Waals surface area (Å²) in [6.07, 6.45) is 4.44. The second-order valence-electron chi connectivity index (χ2n) is 5.96. The van der Waals surface area contributed by atoms with E-state index in [0.717, 1.165) is 6.29 Å². The number of hydrogen-bond donors (Lipinski definition) is 0. The van der Waals surface area contributed by atoms with E-state index in [0.29, 0.717) is 0 Å². The molecule has 3 heteroatoms. The molecule has 0 amide bonds. The molecule has 2 atom stereocenters. The highest BCUT2D eigenvalue weighted by molar-refractivity contribution is 6.74. The molecule has 0 rings (SSSR count). The van der Waals surface area contributed by atoms with Crippen LogP contribution in [0.1, 0.15) is 34.6 Å². The number of rotatable bonds is 5. The van der Waals surface area contributed by atoms with Crippen molar-refractivity contribution in [1.82, 2.24) is 0 Å². The molecule has 0 aromatic carbocycles. The van der Waals surface area contributed by atoms with Crippen molar-refractivity contribution < 1.29 is 9.22 Å². The largest absolute Gasteiger partial charge is 0.414 e. The van der Waals surface area contributed by atoms with Gasteiger partial charge in [0.05, 0.1) is 0 Å². The van der Waals surface area contributed by atoms with Gasteiger partial charge in [0, 0.05) is 6.10 Å². The summed E-state index contributed by atoms with van der Waals surface area (Å²) in [6, 6.07) is 0. The fraction of sp³-hybridized carbons (Fsp3) is 0.769. The van der Waals surface area contributed by atoms with Gasteiger partial charge in [0.25, 0.3) is 0 Å². The van der Waals surface area contributed by atoms with Crippen molar-refractivity contribution in [3.8, 4) is 0 Å². The van der Waals surface area contributed by atoms with E-state index in [1.807, 2.05) is 6.08 Å². The fourth-order valence-electron chi connectivity index (χ4n) is 1.13. The zero-order chi connectivity index (χ0) is 13.0. The smallest absolute Gasteiger partial charge is 0.192 e. The van der Waals surface area contributed by atoms with Gasteiger partial charge in [-0.1, -0.05) is 33.8 Å². The minimum Gasteiger partial charge on any atom is -0.414 e. The maximum atomic E-state index is 10.3. The molecule has 94 valence electrons. The minimum absolute atomic E-state index is 0.164. The number of allylic oxidation sites excluding steroid dienone is 1. The Kier molecular flexibility index (Phi) is 5.63. The van der Waals surface area contributed by atoms with Crippen LogP contribution in [0.4, 0.5) is 0 Å². The van der Waals surface area contributed by atoms with Gasteiger partial charge >= 0.3 is 0 Å². The maximum absolute atomic E-state index is 10.3. The van der Waals surface area contributed by atoms with Crippen LogP contribution in [-0.4, -0.2) is 20.7 Å². The Morgan fingerprint density at radius 2 is 1.69 bits per heavy atom. The van der Waals surface area contributed by atoms with Crippen LogP contribution in [0.5, 0.6) is 0 Å². The third kappa shape index (κ3) is 4.62. The summed E-state index contributed by atoms with van der Waals surface area (Å²) in [5.41, 5.74) is 0. The van der Waals surface area contributed by atoms with E-state index in [1.165, 1.54) is 0 Å². The Labute approximate surface area is 101 Å². The van der Waals surface area contributed by atoms with Gasteiger partial charge in [-0.25, -0.2) is 0 Å². The first-order valence-electron chi connectivity index (χ1n) is 5.91. The van der Waals surface area contributed by atoms with Crippen molar-refractivity contribution in [2.75, 3.05) is 0 Å². The molecule has 0 aliphatic heterocycles. The van der Waals surface area contributed by atoms with Crippen LogP contribution >= 0.6 is 0 Å². The predicted molar refractivity (Wildman–Crippen MR) is 72.1 cm³/mol. The lowest BCUT2D eigenvalue weighted by Crippen LogP contribution is -2.44. The number of carbonyl (C=O) groups is 1. The van der Waals surface area contributed by atoms with Crippen molar-refractivity contribution in [3.05, 3.63) is 12.2 Å². The fourth-order valence-corrected chi connectivity index (χ4v) is 2.62. The normalized spacial score (nSPS) is 17.4. The van der Waals surface area contributed by atoms with Crippen LogP contribution in [0.2, 0.25) is 18.1 Å². The average Bonchev–Trinajstić information content (AvgIpc) is 2.11. The van der Waals surface area contributed by atoms with Crippen LogP contribution in [0, 0.1) is 5.92 Å². The highest BCUT2D eigenvalue weighted by atomic mass is 28.4. The second-order valence-corrected chi connectivity index (χ2v) is 10.7. The molecular formula is C13H26O2Si. The SMILES string of the molecule is C[C@H](/C=C/C=O)[C@H](C)O[Si](C)(C)C(C)(C)C. The molecular weight excluding hydrogens is 216 g/mol. The molecule has 0 saturated heterocycles. The summed E-state index contributed by atoms with van der Waals surface area (Å²) in [6.45, 7) is 15.4. The van der Waals surface area contributed by atoms with Crippen LogP contribution in [0.15, 0.2) is 12.2 Å². The third-order valence-electron chi connectivity index (χ3n) is 3.52. The van der Waals surface area contributed by atoms with E-state index in [4.69, 9.17) is 4.43 Å². The molecule has 0 saturated carbocycles. The molecule has 0 bridgehead atoms. The Bertz CT molecular complexity index is 251. The molecule has 0 heterocycles. The summed E-state index contributed by atoms with van der Waals surface area (Å²) in [4.78, 5) is 10.3. The highest BCUT2D eigenvalue weighted by Gasteiger charge is 2.38. The van der Waals surface area contributed by atoms with Gasteiger partial charge in [0.2, 0.25) is 0 Å². The number of carbonyl (C=O) groups excluding carboxylic acids is 1. The molecule has 0 unspecified atom stereocenters. The first-order valence-corrected chi connectivity index (χ1v) is 8.82. The lowest BCUT2D eigenvalue weighted by atomic mass is 10.1. The van der Waals surface area contributed by atoms with Gasteiger partial charge in [-0.05, 0) is 37.0 Å². The Hall–Kier alpha value is -0.413. The zero-order valence-electron chi connectivity index (χ0n) is 11.7. The van der Waals surface area contributed by atoms with Crippen molar-refractivity contribution in [1.29, 1.82) is 0 Å². The minimum atomic E-state index is -1.69. The Morgan fingerprint density at radius 3 is 2.06 bits per heavy atom. The predicted octanol–water partition coefficient (Wildman–Crippen LogP) is 3.79. The molecule has 0 aliphatic carbocycles. The second kappa shape index (κ2) is 5.78. The molecule has 0 aromatic heterocycles. The van der Waals surface area contributed by atoms with Crippen molar-refractivity contribution in [3.63, 3.8) is 0 Å². The standard InChI is InChI=1S/C13H26O2Si/c1-11(9-8-10-14)12(2)15-16(6,7)13(3,4)5/h8-12H,1-7H3/b9-8+/t11-,12+/m1/s1. The number of aldehydes is 1. The van der Waals surface area contributed by atoms with Gasteiger partial charge < -0.3 is 4.43 Å². The monoisotopic (exact) mass is 242 g/mol. The summed E-state index contributed by atoms with van der Waals surface area (Å²) in [5, 5.41) is 0.232. The van der Waals surface area contributed by atoms with Crippen LogP contribution in [-0.2, 0) is 9.22 Å². The summed E-state index contributed by atoms with van der Waals surface area (Å²) >= 11 is 0. The van der Waals surface area contributed by atoms with Gasteiger partial charge in [0.1, 0.15) is 6.29 Å². The molecule has 0 radical (unpaired) electrons. The molecule has 0 spiro atoms. The van der Waals surface area contributed by atoms with E-state index in [1.54, 1.807) is 6.08 Å².